The summed E-state index contributed by atoms with van der Waals surface area (Å²) in [6.07, 6.45) is 3.12. The Hall–Kier alpha value is -3.48. The van der Waals surface area contributed by atoms with Crippen LogP contribution in [0.2, 0.25) is 0 Å². The lowest BCUT2D eigenvalue weighted by Gasteiger charge is -2.35. The van der Waals surface area contributed by atoms with Crippen molar-refractivity contribution in [2.45, 2.75) is 44.8 Å². The molecule has 0 aromatic heterocycles. The fourth-order valence-electron chi connectivity index (χ4n) is 4.23. The maximum Gasteiger partial charge on any atom is 0.340 e. The third kappa shape index (κ3) is 3.26. The van der Waals surface area contributed by atoms with Crippen molar-refractivity contribution < 1.29 is 19.2 Å². The summed E-state index contributed by atoms with van der Waals surface area (Å²) in [4.78, 5) is 38.9. The lowest BCUT2D eigenvalue weighted by molar-refractivity contribution is -0.384. The van der Waals surface area contributed by atoms with Gasteiger partial charge in [0.15, 0.2) is 5.78 Å². The van der Waals surface area contributed by atoms with Crippen LogP contribution in [0.3, 0.4) is 0 Å². The molecule has 0 spiro atoms. The second kappa shape index (κ2) is 7.74. The van der Waals surface area contributed by atoms with Crippen molar-refractivity contribution in [1.82, 2.24) is 0 Å². The monoisotopic (exact) mass is 406 g/mol. The van der Waals surface area contributed by atoms with Gasteiger partial charge >= 0.3 is 5.97 Å². The number of hydrogen-bond acceptors (Lipinski definition) is 6. The van der Waals surface area contributed by atoms with Crippen molar-refractivity contribution in [3.63, 3.8) is 0 Å². The first kappa shape index (κ1) is 19.8. The molecular weight excluding hydrogens is 384 g/mol. The Morgan fingerprint density at radius 1 is 1.10 bits per heavy atom. The molecule has 1 unspecified atom stereocenters. The van der Waals surface area contributed by atoms with Crippen LogP contribution in [0, 0.1) is 10.1 Å². The van der Waals surface area contributed by atoms with Crippen LogP contribution in [-0.4, -0.2) is 22.2 Å². The zero-order valence-electron chi connectivity index (χ0n) is 16.7. The van der Waals surface area contributed by atoms with E-state index < -0.39 is 16.4 Å². The largest absolute Gasteiger partial charge is 0.459 e. The van der Waals surface area contributed by atoms with Crippen molar-refractivity contribution in [3.8, 4) is 0 Å². The summed E-state index contributed by atoms with van der Waals surface area (Å²) in [5.41, 5.74) is 1.31. The summed E-state index contributed by atoms with van der Waals surface area (Å²) in [5.74, 6) is -0.863. The third-order valence-corrected chi connectivity index (χ3v) is 5.80. The molecule has 1 atom stereocenters. The van der Waals surface area contributed by atoms with Gasteiger partial charge in [0.2, 0.25) is 5.54 Å². The number of anilines is 1. The number of Topliss-reactive ketones (excluding diaryl/α,β-unsaturated/α-hetero) is 1. The van der Waals surface area contributed by atoms with Crippen LogP contribution in [0.5, 0.6) is 0 Å². The SMILES string of the molecule is CC1(C(=O)OCc2ccccc2)C(=O)C2=C(CCCC2)N1c1ccc([N+](=O)[O-])cc1. The molecule has 2 aromatic carbocycles. The van der Waals surface area contributed by atoms with Gasteiger partial charge in [-0.3, -0.25) is 14.9 Å². The maximum atomic E-state index is 13.4. The molecule has 0 amide bonds. The maximum absolute atomic E-state index is 13.4. The molecule has 154 valence electrons. The standard InChI is InChI=1S/C23H22N2O5/c1-23(22(27)30-15-16-7-3-2-4-8-16)21(26)19-9-5-6-10-20(19)24(23)17-11-13-18(14-12-17)25(28)29/h2-4,7-8,11-14H,5-6,9-10,15H2,1H3. The van der Waals surface area contributed by atoms with E-state index in [9.17, 15) is 19.7 Å². The molecule has 1 aliphatic heterocycles. The minimum atomic E-state index is -1.53. The molecule has 2 aliphatic rings. The highest BCUT2D eigenvalue weighted by Gasteiger charge is 2.56. The molecule has 7 heteroatoms. The highest BCUT2D eigenvalue weighted by molar-refractivity contribution is 6.22. The lowest BCUT2D eigenvalue weighted by atomic mass is 9.90. The number of carbonyl (C=O) groups excluding carboxylic acids is 2. The van der Waals surface area contributed by atoms with Crippen molar-refractivity contribution in [3.05, 3.63) is 81.5 Å². The van der Waals surface area contributed by atoms with E-state index in [-0.39, 0.29) is 18.1 Å². The second-order valence-electron chi connectivity index (χ2n) is 7.70. The van der Waals surface area contributed by atoms with Gasteiger partial charge in [0.1, 0.15) is 6.61 Å². The zero-order valence-corrected chi connectivity index (χ0v) is 16.7. The van der Waals surface area contributed by atoms with Gasteiger partial charge in [-0.2, -0.15) is 0 Å². The van der Waals surface area contributed by atoms with E-state index in [4.69, 9.17) is 4.74 Å². The summed E-state index contributed by atoms with van der Waals surface area (Å²) in [6, 6.07) is 15.2. The molecule has 0 N–H and O–H groups in total. The van der Waals surface area contributed by atoms with E-state index in [1.807, 2.05) is 30.3 Å². The molecule has 0 bridgehead atoms. The van der Waals surface area contributed by atoms with E-state index >= 15 is 0 Å². The number of non-ortho nitro benzene ring substituents is 1. The summed E-state index contributed by atoms with van der Waals surface area (Å²) >= 11 is 0. The smallest absolute Gasteiger partial charge is 0.340 e. The van der Waals surface area contributed by atoms with Gasteiger partial charge in [-0.15, -0.1) is 0 Å². The Morgan fingerprint density at radius 3 is 2.43 bits per heavy atom. The van der Waals surface area contributed by atoms with Crippen molar-refractivity contribution in [2.75, 3.05) is 4.90 Å². The number of esters is 1. The zero-order chi connectivity index (χ0) is 21.3. The number of nitrogens with zero attached hydrogens (tertiary/aromatic N) is 2. The van der Waals surface area contributed by atoms with E-state index in [2.05, 4.69) is 0 Å². The first-order chi connectivity index (χ1) is 14.4. The molecule has 0 saturated heterocycles. The highest BCUT2D eigenvalue weighted by Crippen LogP contribution is 2.45. The molecule has 0 fully saturated rings. The Morgan fingerprint density at radius 2 is 1.77 bits per heavy atom. The number of allylic oxidation sites excluding steroid dienone is 1. The highest BCUT2D eigenvalue weighted by atomic mass is 16.6. The van der Waals surface area contributed by atoms with Gasteiger partial charge in [-0.05, 0) is 50.3 Å². The lowest BCUT2D eigenvalue weighted by Crippen LogP contribution is -2.54. The number of benzene rings is 2. The molecule has 2 aromatic rings. The number of nitro groups is 1. The first-order valence-electron chi connectivity index (χ1n) is 9.95. The van der Waals surface area contributed by atoms with Crippen LogP contribution >= 0.6 is 0 Å². The van der Waals surface area contributed by atoms with Gasteiger partial charge in [-0.1, -0.05) is 30.3 Å². The van der Waals surface area contributed by atoms with Crippen LogP contribution in [-0.2, 0) is 20.9 Å². The molecule has 0 saturated carbocycles. The van der Waals surface area contributed by atoms with E-state index in [1.54, 1.807) is 24.0 Å². The molecule has 1 aliphatic carbocycles. The van der Waals surface area contributed by atoms with Gasteiger partial charge in [-0.25, -0.2) is 4.79 Å². The predicted molar refractivity (Wildman–Crippen MR) is 111 cm³/mol. The quantitative estimate of drug-likeness (QED) is 0.318. The minimum absolute atomic E-state index is 0.0459. The summed E-state index contributed by atoms with van der Waals surface area (Å²) in [7, 11) is 0. The molecule has 1 heterocycles. The Balaban J connectivity index is 1.69. The van der Waals surface area contributed by atoms with E-state index in [1.165, 1.54) is 12.1 Å². The van der Waals surface area contributed by atoms with E-state index in [0.29, 0.717) is 24.1 Å². The average molecular weight is 406 g/mol. The molecule has 7 nitrogen and oxygen atoms in total. The van der Waals surface area contributed by atoms with Gasteiger partial charge < -0.3 is 9.64 Å². The van der Waals surface area contributed by atoms with Gasteiger partial charge in [0.25, 0.3) is 5.69 Å². The molecular formula is C23H22N2O5. The number of nitro benzene ring substituents is 1. The van der Waals surface area contributed by atoms with Crippen LogP contribution in [0.4, 0.5) is 11.4 Å². The van der Waals surface area contributed by atoms with Crippen LogP contribution in [0.15, 0.2) is 65.9 Å². The van der Waals surface area contributed by atoms with E-state index in [0.717, 1.165) is 24.1 Å². The van der Waals surface area contributed by atoms with Crippen molar-refractivity contribution in [2.24, 2.45) is 0 Å². The van der Waals surface area contributed by atoms with Gasteiger partial charge in [0.05, 0.1) is 4.92 Å². The fraction of sp³-hybridized carbons (Fsp3) is 0.304. The predicted octanol–water partition coefficient (Wildman–Crippen LogP) is 4.31. The molecule has 0 radical (unpaired) electrons. The third-order valence-electron chi connectivity index (χ3n) is 5.80. The number of rotatable bonds is 5. The number of carbonyl (C=O) groups is 2. The first-order valence-corrected chi connectivity index (χ1v) is 9.95. The summed E-state index contributed by atoms with van der Waals surface area (Å²) < 4.78 is 5.57. The number of ether oxygens (including phenoxy) is 1. The van der Waals surface area contributed by atoms with Crippen molar-refractivity contribution >= 4 is 23.1 Å². The average Bonchev–Trinajstić information content (AvgIpc) is 3.01. The Labute approximate surface area is 174 Å². The topological polar surface area (TPSA) is 89.8 Å². The normalized spacial score (nSPS) is 20.8. The fourth-order valence-corrected chi connectivity index (χ4v) is 4.23. The van der Waals surface area contributed by atoms with Crippen LogP contribution in [0.25, 0.3) is 0 Å². The van der Waals surface area contributed by atoms with Crippen molar-refractivity contribution in [1.29, 1.82) is 0 Å². The number of ketones is 1. The second-order valence-corrected chi connectivity index (χ2v) is 7.70. The van der Waals surface area contributed by atoms with Crippen LogP contribution in [0.1, 0.15) is 38.2 Å². The Bertz CT molecular complexity index is 1030. The Kier molecular flexibility index (Phi) is 5.11. The van der Waals surface area contributed by atoms with Crippen LogP contribution < -0.4 is 4.90 Å². The number of hydrogen-bond donors (Lipinski definition) is 0. The minimum Gasteiger partial charge on any atom is -0.459 e. The summed E-state index contributed by atoms with van der Waals surface area (Å²) in [6.45, 7) is 1.66. The molecule has 4 rings (SSSR count). The van der Waals surface area contributed by atoms with Gasteiger partial charge in [0, 0.05) is 29.1 Å². The molecule has 30 heavy (non-hydrogen) atoms. The summed E-state index contributed by atoms with van der Waals surface area (Å²) in [5, 5.41) is 11.0.